The van der Waals surface area contributed by atoms with Gasteiger partial charge in [0.05, 0.1) is 11.5 Å². The molecule has 1 amide bonds. The SMILES string of the molecule is CC(C)(C)OC(=O)N1CCc2cc(OCCCN3CCCCC3)c([N+](=O)[O-])cc2CC1. The average molecular weight is 434 g/mol. The lowest BCUT2D eigenvalue weighted by atomic mass is 10.0. The van der Waals surface area contributed by atoms with Gasteiger partial charge < -0.3 is 19.3 Å². The van der Waals surface area contributed by atoms with Gasteiger partial charge in [0.25, 0.3) is 0 Å². The second-order valence-corrected chi connectivity index (χ2v) is 9.42. The van der Waals surface area contributed by atoms with Crippen LogP contribution in [0, 0.1) is 10.1 Å². The van der Waals surface area contributed by atoms with Crippen LogP contribution in [0.2, 0.25) is 0 Å². The third-order valence-corrected chi connectivity index (χ3v) is 5.76. The molecule has 1 aromatic carbocycles. The fourth-order valence-corrected chi connectivity index (χ4v) is 4.16. The Labute approximate surface area is 184 Å². The third kappa shape index (κ3) is 6.82. The molecule has 3 rings (SSSR count). The Bertz CT molecular complexity index is 784. The van der Waals surface area contributed by atoms with Crippen molar-refractivity contribution in [3.05, 3.63) is 33.4 Å². The molecule has 0 bridgehead atoms. The molecule has 2 aliphatic rings. The summed E-state index contributed by atoms with van der Waals surface area (Å²) in [6.45, 7) is 10.2. The number of nitro groups is 1. The van der Waals surface area contributed by atoms with E-state index in [9.17, 15) is 14.9 Å². The Morgan fingerprint density at radius 1 is 1.06 bits per heavy atom. The molecule has 0 unspecified atom stereocenters. The van der Waals surface area contributed by atoms with Crippen molar-refractivity contribution >= 4 is 11.8 Å². The standard InChI is InChI=1S/C23H35N3O5/c1-23(2,3)31-22(27)25-13-8-18-16-20(26(28)29)21(17-19(18)9-14-25)30-15-7-12-24-10-5-4-6-11-24/h16-17H,4-15H2,1-3H3. The second-order valence-electron chi connectivity index (χ2n) is 9.42. The number of fused-ring (bicyclic) bond motifs is 1. The highest BCUT2D eigenvalue weighted by molar-refractivity contribution is 5.68. The number of hydrogen-bond donors (Lipinski definition) is 0. The first-order valence-corrected chi connectivity index (χ1v) is 11.4. The van der Waals surface area contributed by atoms with Crippen LogP contribution in [0.3, 0.4) is 0 Å². The molecule has 1 saturated heterocycles. The third-order valence-electron chi connectivity index (χ3n) is 5.76. The first kappa shape index (κ1) is 23.3. The van der Waals surface area contributed by atoms with Crippen molar-refractivity contribution in [2.75, 3.05) is 39.3 Å². The zero-order valence-electron chi connectivity index (χ0n) is 19.0. The molecule has 0 atom stereocenters. The predicted octanol–water partition coefficient (Wildman–Crippen LogP) is 4.19. The minimum absolute atomic E-state index is 0.00226. The summed E-state index contributed by atoms with van der Waals surface area (Å²) in [6, 6.07) is 3.42. The lowest BCUT2D eigenvalue weighted by Gasteiger charge is -2.26. The van der Waals surface area contributed by atoms with Crippen molar-refractivity contribution in [2.45, 2.75) is 64.9 Å². The fourth-order valence-electron chi connectivity index (χ4n) is 4.16. The van der Waals surface area contributed by atoms with E-state index in [1.807, 2.05) is 20.8 Å². The molecule has 1 fully saturated rings. The topological polar surface area (TPSA) is 85.1 Å². The van der Waals surface area contributed by atoms with Crippen LogP contribution in [0.1, 0.15) is 57.6 Å². The number of amides is 1. The molecule has 2 aliphatic heterocycles. The molecule has 1 aromatic rings. The molecular weight excluding hydrogens is 398 g/mol. The number of benzene rings is 1. The lowest BCUT2D eigenvalue weighted by molar-refractivity contribution is -0.385. The molecule has 8 nitrogen and oxygen atoms in total. The van der Waals surface area contributed by atoms with Crippen LogP contribution in [0.15, 0.2) is 12.1 Å². The van der Waals surface area contributed by atoms with Gasteiger partial charge in [-0.25, -0.2) is 4.79 Å². The molecule has 0 spiro atoms. The van der Waals surface area contributed by atoms with Crippen LogP contribution < -0.4 is 4.74 Å². The Morgan fingerprint density at radius 2 is 1.71 bits per heavy atom. The van der Waals surface area contributed by atoms with Gasteiger partial charge in [-0.15, -0.1) is 0 Å². The highest BCUT2D eigenvalue weighted by atomic mass is 16.6. The van der Waals surface area contributed by atoms with E-state index in [0.29, 0.717) is 38.3 Å². The number of nitrogens with zero attached hydrogens (tertiary/aromatic N) is 3. The Hall–Kier alpha value is -2.35. The van der Waals surface area contributed by atoms with Crippen molar-refractivity contribution in [3.8, 4) is 5.75 Å². The zero-order chi connectivity index (χ0) is 22.4. The molecule has 0 aliphatic carbocycles. The summed E-state index contributed by atoms with van der Waals surface area (Å²) in [5, 5.41) is 11.6. The van der Waals surface area contributed by atoms with Crippen molar-refractivity contribution in [1.82, 2.24) is 9.80 Å². The number of hydrogen-bond acceptors (Lipinski definition) is 6. The van der Waals surface area contributed by atoms with Gasteiger partial charge in [0.15, 0.2) is 5.75 Å². The smallest absolute Gasteiger partial charge is 0.410 e. The van der Waals surface area contributed by atoms with Crippen LogP contribution in [-0.2, 0) is 17.6 Å². The number of piperidine rings is 1. The molecule has 31 heavy (non-hydrogen) atoms. The van der Waals surface area contributed by atoms with Crippen LogP contribution >= 0.6 is 0 Å². The van der Waals surface area contributed by atoms with E-state index >= 15 is 0 Å². The molecule has 0 radical (unpaired) electrons. The van der Waals surface area contributed by atoms with Crippen molar-refractivity contribution in [3.63, 3.8) is 0 Å². The Kier molecular flexibility index (Phi) is 7.75. The summed E-state index contributed by atoms with van der Waals surface area (Å²) in [7, 11) is 0. The summed E-state index contributed by atoms with van der Waals surface area (Å²) in [4.78, 5) is 27.8. The van der Waals surface area contributed by atoms with E-state index in [4.69, 9.17) is 9.47 Å². The number of nitro benzene ring substituents is 1. The highest BCUT2D eigenvalue weighted by Crippen LogP contribution is 2.33. The maximum Gasteiger partial charge on any atom is 0.410 e. The van der Waals surface area contributed by atoms with E-state index in [0.717, 1.165) is 37.2 Å². The molecular formula is C23H35N3O5. The minimum atomic E-state index is -0.551. The minimum Gasteiger partial charge on any atom is -0.487 e. The van der Waals surface area contributed by atoms with E-state index in [2.05, 4.69) is 4.90 Å². The molecule has 172 valence electrons. The summed E-state index contributed by atoms with van der Waals surface area (Å²) < 4.78 is 11.3. The highest BCUT2D eigenvalue weighted by Gasteiger charge is 2.26. The van der Waals surface area contributed by atoms with E-state index in [1.165, 1.54) is 19.3 Å². The first-order chi connectivity index (χ1) is 14.7. The summed E-state index contributed by atoms with van der Waals surface area (Å²) in [5.74, 6) is 0.327. The van der Waals surface area contributed by atoms with Crippen molar-refractivity contribution < 1.29 is 19.2 Å². The van der Waals surface area contributed by atoms with Gasteiger partial charge in [0.2, 0.25) is 0 Å². The molecule has 0 N–H and O–H groups in total. The van der Waals surface area contributed by atoms with E-state index < -0.39 is 5.60 Å². The number of carbonyl (C=O) groups excluding carboxylic acids is 1. The summed E-state index contributed by atoms with van der Waals surface area (Å²) in [5.41, 5.74) is 1.35. The average Bonchev–Trinajstić information content (AvgIpc) is 2.92. The summed E-state index contributed by atoms with van der Waals surface area (Å²) in [6.07, 6.45) is 5.49. The van der Waals surface area contributed by atoms with Gasteiger partial charge in [-0.1, -0.05) is 6.42 Å². The first-order valence-electron chi connectivity index (χ1n) is 11.4. The number of carbonyl (C=O) groups is 1. The Morgan fingerprint density at radius 3 is 2.32 bits per heavy atom. The van der Waals surface area contributed by atoms with Gasteiger partial charge in [-0.2, -0.15) is 0 Å². The van der Waals surface area contributed by atoms with Gasteiger partial charge >= 0.3 is 11.8 Å². The van der Waals surface area contributed by atoms with Crippen LogP contribution in [0.5, 0.6) is 5.75 Å². The largest absolute Gasteiger partial charge is 0.487 e. The second kappa shape index (κ2) is 10.3. The normalized spacial score (nSPS) is 17.6. The quantitative estimate of drug-likeness (QED) is 0.380. The fraction of sp³-hybridized carbons (Fsp3) is 0.696. The van der Waals surface area contributed by atoms with Crippen LogP contribution in [0.4, 0.5) is 10.5 Å². The molecule has 0 saturated carbocycles. The van der Waals surface area contributed by atoms with Gasteiger partial charge in [-0.05, 0) is 83.2 Å². The predicted molar refractivity (Wildman–Crippen MR) is 119 cm³/mol. The van der Waals surface area contributed by atoms with Gasteiger partial charge in [-0.3, -0.25) is 10.1 Å². The lowest BCUT2D eigenvalue weighted by Crippen LogP contribution is -2.38. The number of likely N-dealkylation sites (tertiary alicyclic amines) is 1. The van der Waals surface area contributed by atoms with Crippen molar-refractivity contribution in [2.24, 2.45) is 0 Å². The Balaban J connectivity index is 1.62. The van der Waals surface area contributed by atoms with Crippen molar-refractivity contribution in [1.29, 1.82) is 0 Å². The molecule has 8 heteroatoms. The monoisotopic (exact) mass is 433 g/mol. The maximum absolute atomic E-state index is 12.4. The van der Waals surface area contributed by atoms with E-state index in [1.54, 1.807) is 17.0 Å². The molecule has 0 aromatic heterocycles. The zero-order valence-corrected chi connectivity index (χ0v) is 19.0. The maximum atomic E-state index is 12.4. The van der Waals surface area contributed by atoms with E-state index in [-0.39, 0.29) is 16.7 Å². The number of ether oxygens (including phenoxy) is 2. The summed E-state index contributed by atoms with van der Waals surface area (Å²) >= 11 is 0. The van der Waals surface area contributed by atoms with Crippen LogP contribution in [0.25, 0.3) is 0 Å². The van der Waals surface area contributed by atoms with Gasteiger partial charge in [0, 0.05) is 25.7 Å². The number of rotatable bonds is 6. The molecule has 2 heterocycles. The van der Waals surface area contributed by atoms with Crippen LogP contribution in [-0.4, -0.2) is 65.7 Å². The van der Waals surface area contributed by atoms with Gasteiger partial charge in [0.1, 0.15) is 5.60 Å².